The third kappa shape index (κ3) is 3.27. The molecule has 5 heteroatoms. The van der Waals surface area contributed by atoms with E-state index in [9.17, 15) is 4.79 Å². The number of aryl methyl sites for hydroxylation is 1. The van der Waals surface area contributed by atoms with E-state index in [1.807, 2.05) is 24.4 Å². The number of nitrogens with one attached hydrogen (secondary N) is 1. The Bertz CT molecular complexity index is 644. The van der Waals surface area contributed by atoms with Crippen molar-refractivity contribution >= 4 is 38.3 Å². The predicted molar refractivity (Wildman–Crippen MR) is 87.6 cm³/mol. The number of amides is 1. The molecule has 1 heterocycles. The van der Waals surface area contributed by atoms with Crippen LogP contribution in [0.15, 0.2) is 28.1 Å². The van der Waals surface area contributed by atoms with Crippen LogP contribution >= 0.6 is 27.3 Å². The number of benzene rings is 1. The van der Waals surface area contributed by atoms with Crippen molar-refractivity contribution in [1.29, 1.82) is 0 Å². The number of carbonyl (C=O) groups excluding carboxylic acids is 1. The molecule has 0 bridgehead atoms. The predicted octanol–water partition coefficient (Wildman–Crippen LogP) is 4.76. The maximum Gasteiger partial charge on any atom is 0.258 e. The molecule has 0 spiro atoms. The Kier molecular flexibility index (Phi) is 4.30. The molecule has 0 aliphatic carbocycles. The van der Waals surface area contributed by atoms with Crippen molar-refractivity contribution in [2.75, 3.05) is 5.32 Å². The number of carbonyl (C=O) groups is 1. The molecule has 0 unspecified atom stereocenters. The average Bonchev–Trinajstić information content (AvgIpc) is 2.81. The lowest BCUT2D eigenvalue weighted by molar-refractivity contribution is 0.102. The number of aromatic nitrogens is 1. The van der Waals surface area contributed by atoms with Gasteiger partial charge in [0.15, 0.2) is 5.13 Å². The first-order valence-corrected chi connectivity index (χ1v) is 7.99. The minimum absolute atomic E-state index is 0.0105. The molecule has 0 saturated heterocycles. The first-order chi connectivity index (χ1) is 9.29. The van der Waals surface area contributed by atoms with Crippen molar-refractivity contribution < 1.29 is 4.79 Å². The number of hydrogen-bond acceptors (Lipinski definition) is 3. The molecule has 20 heavy (non-hydrogen) atoms. The molecule has 2 rings (SSSR count). The average molecular weight is 353 g/mol. The van der Waals surface area contributed by atoms with Gasteiger partial charge >= 0.3 is 0 Å². The van der Waals surface area contributed by atoms with Gasteiger partial charge in [-0.1, -0.05) is 32.9 Å². The summed E-state index contributed by atoms with van der Waals surface area (Å²) in [6, 6.07) is 5.63. The fraction of sp³-hybridized carbons (Fsp3) is 0.333. The van der Waals surface area contributed by atoms with Crippen LogP contribution in [0.1, 0.15) is 42.4 Å². The van der Waals surface area contributed by atoms with E-state index in [4.69, 9.17) is 0 Å². The lowest BCUT2D eigenvalue weighted by Crippen LogP contribution is -2.14. The number of anilines is 1. The van der Waals surface area contributed by atoms with Crippen molar-refractivity contribution in [2.24, 2.45) is 0 Å². The molecule has 0 radical (unpaired) electrons. The van der Waals surface area contributed by atoms with Crippen molar-refractivity contribution in [3.05, 3.63) is 44.9 Å². The molecule has 0 aliphatic rings. The maximum absolute atomic E-state index is 12.3. The zero-order chi connectivity index (χ0) is 14.9. The van der Waals surface area contributed by atoms with Gasteiger partial charge in [-0.25, -0.2) is 4.98 Å². The maximum atomic E-state index is 12.3. The first-order valence-electron chi connectivity index (χ1n) is 6.31. The number of halogens is 1. The Morgan fingerprint density at radius 2 is 2.05 bits per heavy atom. The summed E-state index contributed by atoms with van der Waals surface area (Å²) in [4.78, 5) is 16.7. The van der Waals surface area contributed by atoms with Gasteiger partial charge in [0.1, 0.15) is 0 Å². The van der Waals surface area contributed by atoms with Crippen LogP contribution in [0.25, 0.3) is 0 Å². The largest absolute Gasteiger partial charge is 0.298 e. The van der Waals surface area contributed by atoms with E-state index >= 15 is 0 Å². The third-order valence-electron chi connectivity index (χ3n) is 2.93. The van der Waals surface area contributed by atoms with Crippen LogP contribution in [0, 0.1) is 6.92 Å². The van der Waals surface area contributed by atoms with Crippen LogP contribution in [-0.2, 0) is 5.41 Å². The van der Waals surface area contributed by atoms with E-state index < -0.39 is 0 Å². The molecule has 1 aromatic heterocycles. The lowest BCUT2D eigenvalue weighted by atomic mass is 9.93. The Morgan fingerprint density at radius 3 is 2.65 bits per heavy atom. The quantitative estimate of drug-likeness (QED) is 0.846. The van der Waals surface area contributed by atoms with E-state index in [-0.39, 0.29) is 11.3 Å². The van der Waals surface area contributed by atoms with Gasteiger partial charge in [0.05, 0.1) is 11.3 Å². The molecule has 1 N–H and O–H groups in total. The molecule has 1 aromatic carbocycles. The summed E-state index contributed by atoms with van der Waals surface area (Å²) in [7, 11) is 0. The molecule has 106 valence electrons. The highest BCUT2D eigenvalue weighted by molar-refractivity contribution is 9.10. The second-order valence-electron chi connectivity index (χ2n) is 5.68. The monoisotopic (exact) mass is 352 g/mol. The molecule has 1 amide bonds. The second kappa shape index (κ2) is 5.66. The van der Waals surface area contributed by atoms with Crippen molar-refractivity contribution in [2.45, 2.75) is 33.1 Å². The smallest absolute Gasteiger partial charge is 0.258 e. The van der Waals surface area contributed by atoms with E-state index in [2.05, 4.69) is 47.0 Å². The molecule has 0 atom stereocenters. The highest BCUT2D eigenvalue weighted by Crippen LogP contribution is 2.27. The van der Waals surface area contributed by atoms with Gasteiger partial charge in [0.25, 0.3) is 5.91 Å². The molecular weight excluding hydrogens is 336 g/mol. The number of nitrogens with zero attached hydrogens (tertiary/aromatic N) is 1. The number of rotatable bonds is 2. The Balaban J connectivity index is 2.20. The second-order valence-corrected chi connectivity index (χ2v) is 7.33. The highest BCUT2D eigenvalue weighted by atomic mass is 79.9. The normalized spacial score (nSPS) is 11.4. The number of hydrogen-bond donors (Lipinski definition) is 1. The Hall–Kier alpha value is -1.20. The third-order valence-corrected chi connectivity index (χ3v) is 4.74. The van der Waals surface area contributed by atoms with Crippen LogP contribution in [-0.4, -0.2) is 10.9 Å². The Labute approximate surface area is 131 Å². The van der Waals surface area contributed by atoms with Gasteiger partial charge in [-0.2, -0.15) is 0 Å². The van der Waals surface area contributed by atoms with Crippen LogP contribution < -0.4 is 5.32 Å². The molecule has 0 saturated carbocycles. The van der Waals surface area contributed by atoms with E-state index in [1.165, 1.54) is 11.3 Å². The zero-order valence-electron chi connectivity index (χ0n) is 12.0. The first kappa shape index (κ1) is 15.2. The molecule has 0 aliphatic heterocycles. The van der Waals surface area contributed by atoms with Crippen LogP contribution in [0.5, 0.6) is 0 Å². The van der Waals surface area contributed by atoms with Crippen molar-refractivity contribution in [3.8, 4) is 0 Å². The van der Waals surface area contributed by atoms with Crippen LogP contribution in [0.2, 0.25) is 0 Å². The van der Waals surface area contributed by atoms with Gasteiger partial charge in [0.2, 0.25) is 0 Å². The summed E-state index contributed by atoms with van der Waals surface area (Å²) in [5, 5.41) is 5.48. The van der Waals surface area contributed by atoms with Gasteiger partial charge in [-0.05, 0) is 34.5 Å². The van der Waals surface area contributed by atoms with E-state index in [1.54, 1.807) is 6.07 Å². The minimum Gasteiger partial charge on any atom is -0.298 e. The summed E-state index contributed by atoms with van der Waals surface area (Å²) in [5.74, 6) is -0.143. The van der Waals surface area contributed by atoms with Crippen molar-refractivity contribution in [3.63, 3.8) is 0 Å². The summed E-state index contributed by atoms with van der Waals surface area (Å²) < 4.78 is 0.824. The molecule has 2 aromatic rings. The van der Waals surface area contributed by atoms with Crippen LogP contribution in [0.3, 0.4) is 0 Å². The lowest BCUT2D eigenvalue weighted by Gasteiger charge is -2.14. The van der Waals surface area contributed by atoms with E-state index in [0.29, 0.717) is 10.7 Å². The summed E-state index contributed by atoms with van der Waals surface area (Å²) >= 11 is 4.90. The van der Waals surface area contributed by atoms with E-state index in [0.717, 1.165) is 15.7 Å². The summed E-state index contributed by atoms with van der Waals surface area (Å²) in [6.07, 6.45) is 0. The highest BCUT2D eigenvalue weighted by Gasteiger charge is 2.19. The molecular formula is C15H17BrN2OS. The number of thiazole rings is 1. The Morgan fingerprint density at radius 1 is 1.35 bits per heavy atom. The summed E-state index contributed by atoms with van der Waals surface area (Å²) in [5.41, 5.74) is 2.63. The standard InChI is InChI=1S/C15H17BrN2OS/c1-9-6-5-7-10(12(9)16)13(19)18-14-17-11(8-20-14)15(2,3)4/h5-8H,1-4H3,(H,17,18,19). The van der Waals surface area contributed by atoms with Crippen LogP contribution in [0.4, 0.5) is 5.13 Å². The summed E-state index contributed by atoms with van der Waals surface area (Å²) in [6.45, 7) is 8.27. The van der Waals surface area contributed by atoms with Crippen molar-refractivity contribution in [1.82, 2.24) is 4.98 Å². The van der Waals surface area contributed by atoms with Gasteiger partial charge in [-0.15, -0.1) is 11.3 Å². The fourth-order valence-corrected chi connectivity index (χ4v) is 3.04. The molecule has 3 nitrogen and oxygen atoms in total. The topological polar surface area (TPSA) is 42.0 Å². The SMILES string of the molecule is Cc1cccc(C(=O)Nc2nc(C(C)(C)C)cs2)c1Br. The van der Waals surface area contributed by atoms with Gasteiger partial charge in [-0.3, -0.25) is 10.1 Å². The van der Waals surface area contributed by atoms with Gasteiger partial charge in [0, 0.05) is 15.3 Å². The zero-order valence-corrected chi connectivity index (χ0v) is 14.4. The minimum atomic E-state index is -0.143. The molecule has 0 fully saturated rings. The fourth-order valence-electron chi connectivity index (χ4n) is 1.66. The van der Waals surface area contributed by atoms with Gasteiger partial charge < -0.3 is 0 Å².